The van der Waals surface area contributed by atoms with Crippen LogP contribution >= 0.6 is 0 Å². The van der Waals surface area contributed by atoms with Gasteiger partial charge in [-0.15, -0.1) is 0 Å². The van der Waals surface area contributed by atoms with Crippen molar-refractivity contribution < 1.29 is 39.6 Å². The molecular formula is C17H11NO8. The van der Waals surface area contributed by atoms with E-state index < -0.39 is 51.6 Å². The summed E-state index contributed by atoms with van der Waals surface area (Å²) in [5, 5.41) is 38.2. The molecule has 0 aliphatic carbocycles. The Balaban J connectivity index is 2.84. The van der Waals surface area contributed by atoms with Gasteiger partial charge in [0.1, 0.15) is 5.56 Å². The van der Waals surface area contributed by atoms with E-state index in [9.17, 15) is 39.6 Å². The molecule has 0 aliphatic rings. The van der Waals surface area contributed by atoms with E-state index in [0.29, 0.717) is 0 Å². The van der Waals surface area contributed by atoms with Crippen LogP contribution in [0.3, 0.4) is 0 Å². The number of nitrogens with zero attached hydrogens (tertiary/aromatic N) is 1. The van der Waals surface area contributed by atoms with E-state index in [0.717, 1.165) is 4.40 Å². The molecule has 9 heteroatoms. The van der Waals surface area contributed by atoms with E-state index >= 15 is 0 Å². The predicted molar refractivity (Wildman–Crippen MR) is 87.5 cm³/mol. The van der Waals surface area contributed by atoms with E-state index in [1.54, 1.807) is 6.07 Å². The first-order valence-corrected chi connectivity index (χ1v) is 7.21. The lowest BCUT2D eigenvalue weighted by atomic mass is 9.99. The summed E-state index contributed by atoms with van der Waals surface area (Å²) >= 11 is 0. The summed E-state index contributed by atoms with van der Waals surface area (Å²) in [6, 6.07) is 5.89. The van der Waals surface area contributed by atoms with Gasteiger partial charge in [0, 0.05) is 11.1 Å². The zero-order valence-corrected chi connectivity index (χ0v) is 13.2. The fourth-order valence-electron chi connectivity index (χ4n) is 3.26. The molecule has 1 aromatic carbocycles. The average molecular weight is 357 g/mol. The van der Waals surface area contributed by atoms with Crippen molar-refractivity contribution in [2.24, 2.45) is 0 Å². The molecule has 0 unspecified atom stereocenters. The van der Waals surface area contributed by atoms with Crippen LogP contribution in [0, 0.1) is 6.92 Å². The van der Waals surface area contributed by atoms with Gasteiger partial charge in [0.15, 0.2) is 0 Å². The van der Waals surface area contributed by atoms with E-state index in [1.165, 1.54) is 25.1 Å². The van der Waals surface area contributed by atoms with Gasteiger partial charge in [-0.1, -0.05) is 18.2 Å². The first-order chi connectivity index (χ1) is 12.2. The molecule has 0 radical (unpaired) electrons. The van der Waals surface area contributed by atoms with Crippen molar-refractivity contribution in [3.8, 4) is 0 Å². The molecule has 0 spiro atoms. The summed E-state index contributed by atoms with van der Waals surface area (Å²) in [4.78, 5) is 46.9. The van der Waals surface area contributed by atoms with Crippen molar-refractivity contribution in [2.75, 3.05) is 0 Å². The number of para-hydroxylation sites is 1. The topological polar surface area (TPSA) is 154 Å². The van der Waals surface area contributed by atoms with Gasteiger partial charge in [-0.05, 0) is 13.0 Å². The second kappa shape index (κ2) is 5.59. The number of pyridine rings is 1. The van der Waals surface area contributed by atoms with E-state index in [4.69, 9.17) is 0 Å². The van der Waals surface area contributed by atoms with Crippen molar-refractivity contribution in [1.82, 2.24) is 4.40 Å². The molecular weight excluding hydrogens is 346 g/mol. The molecule has 4 N–H and O–H groups in total. The molecule has 3 aromatic rings. The zero-order chi connectivity index (χ0) is 19.3. The van der Waals surface area contributed by atoms with Crippen LogP contribution in [0.25, 0.3) is 16.4 Å². The fourth-order valence-corrected chi connectivity index (χ4v) is 3.26. The lowest BCUT2D eigenvalue weighted by Gasteiger charge is -2.12. The highest BCUT2D eigenvalue weighted by Gasteiger charge is 2.33. The largest absolute Gasteiger partial charge is 0.478 e. The molecule has 9 nitrogen and oxygen atoms in total. The number of aromatic carboxylic acids is 4. The Labute approximate surface area is 144 Å². The van der Waals surface area contributed by atoms with Gasteiger partial charge in [-0.2, -0.15) is 0 Å². The molecule has 132 valence electrons. The minimum absolute atomic E-state index is 0.0134. The van der Waals surface area contributed by atoms with Crippen LogP contribution < -0.4 is 0 Å². The first kappa shape index (κ1) is 17.0. The molecule has 0 saturated heterocycles. The van der Waals surface area contributed by atoms with Crippen LogP contribution in [0.4, 0.5) is 0 Å². The fraction of sp³-hybridized carbons (Fsp3) is 0.0588. The minimum atomic E-state index is -1.67. The summed E-state index contributed by atoms with van der Waals surface area (Å²) in [7, 11) is 0. The molecule has 0 atom stereocenters. The normalized spacial score (nSPS) is 11.0. The van der Waals surface area contributed by atoms with Crippen molar-refractivity contribution in [2.45, 2.75) is 6.92 Å². The number of aryl methyl sites for hydroxylation is 1. The van der Waals surface area contributed by atoms with Crippen LogP contribution in [-0.2, 0) is 0 Å². The van der Waals surface area contributed by atoms with Gasteiger partial charge in [-0.3, -0.25) is 0 Å². The summed E-state index contributed by atoms with van der Waals surface area (Å²) in [6.45, 7) is 1.33. The van der Waals surface area contributed by atoms with Crippen LogP contribution in [0.2, 0.25) is 0 Å². The molecule has 0 bridgehead atoms. The van der Waals surface area contributed by atoms with Gasteiger partial charge >= 0.3 is 23.9 Å². The number of rotatable bonds is 4. The number of hydrogen-bond acceptors (Lipinski definition) is 4. The van der Waals surface area contributed by atoms with Crippen molar-refractivity contribution in [3.63, 3.8) is 0 Å². The minimum Gasteiger partial charge on any atom is -0.478 e. The SMILES string of the molecule is Cc1c(C(=O)O)c(C(=O)O)c2c(C(=O)O)c(C(=O)O)c3ccccc3n12. The molecule has 3 rings (SSSR count). The number of aromatic nitrogens is 1. The van der Waals surface area contributed by atoms with Gasteiger partial charge in [0.05, 0.1) is 27.7 Å². The van der Waals surface area contributed by atoms with E-state index in [1.807, 2.05) is 0 Å². The molecule has 0 amide bonds. The Hall–Kier alpha value is -3.88. The second-order valence-corrected chi connectivity index (χ2v) is 5.51. The summed E-state index contributed by atoms with van der Waals surface area (Å²) < 4.78 is 1.16. The predicted octanol–water partition coefficient (Wildman–Crippen LogP) is 2.19. The van der Waals surface area contributed by atoms with Gasteiger partial charge in [0.25, 0.3) is 0 Å². The lowest BCUT2D eigenvalue weighted by molar-refractivity contribution is 0.0649. The van der Waals surface area contributed by atoms with Crippen molar-refractivity contribution >= 4 is 40.3 Å². The Morgan fingerprint density at radius 2 is 1.19 bits per heavy atom. The maximum absolute atomic E-state index is 11.8. The number of carboxylic acid groups (broad SMARTS) is 4. The maximum Gasteiger partial charge on any atom is 0.338 e. The van der Waals surface area contributed by atoms with Crippen LogP contribution in [0.15, 0.2) is 24.3 Å². The highest BCUT2D eigenvalue weighted by molar-refractivity contribution is 6.20. The lowest BCUT2D eigenvalue weighted by Crippen LogP contribution is -2.14. The monoisotopic (exact) mass is 357 g/mol. The number of hydrogen-bond donors (Lipinski definition) is 4. The number of carbonyl (C=O) groups is 4. The number of benzene rings is 1. The third-order valence-electron chi connectivity index (χ3n) is 4.16. The Morgan fingerprint density at radius 3 is 1.69 bits per heavy atom. The van der Waals surface area contributed by atoms with Gasteiger partial charge in [0.2, 0.25) is 0 Å². The molecule has 2 heterocycles. The Bertz CT molecular complexity index is 1150. The van der Waals surface area contributed by atoms with E-state index in [-0.39, 0.29) is 16.6 Å². The number of fused-ring (bicyclic) bond motifs is 3. The highest BCUT2D eigenvalue weighted by atomic mass is 16.4. The van der Waals surface area contributed by atoms with Gasteiger partial charge < -0.3 is 24.8 Å². The number of carboxylic acids is 4. The Kier molecular flexibility index (Phi) is 3.64. The van der Waals surface area contributed by atoms with Gasteiger partial charge in [-0.25, -0.2) is 19.2 Å². The van der Waals surface area contributed by atoms with Crippen LogP contribution in [-0.4, -0.2) is 48.7 Å². The molecule has 0 aliphatic heterocycles. The smallest absolute Gasteiger partial charge is 0.338 e. The maximum atomic E-state index is 11.8. The molecule has 0 fully saturated rings. The van der Waals surface area contributed by atoms with E-state index in [2.05, 4.69) is 0 Å². The summed E-state index contributed by atoms with van der Waals surface area (Å²) in [5.74, 6) is -6.45. The second-order valence-electron chi connectivity index (χ2n) is 5.51. The summed E-state index contributed by atoms with van der Waals surface area (Å²) in [6.07, 6.45) is 0. The third kappa shape index (κ3) is 2.10. The first-order valence-electron chi connectivity index (χ1n) is 7.21. The highest BCUT2D eigenvalue weighted by Crippen LogP contribution is 2.34. The van der Waals surface area contributed by atoms with Crippen molar-refractivity contribution in [1.29, 1.82) is 0 Å². The molecule has 2 aromatic heterocycles. The quantitative estimate of drug-likeness (QED) is 0.554. The van der Waals surface area contributed by atoms with Crippen LogP contribution in [0.5, 0.6) is 0 Å². The standard InChI is InChI=1S/C17H11NO8/c1-6-9(14(19)20)11(16(23)24)13-12(17(25)26)10(15(21)22)7-4-2-3-5-8(7)18(6)13/h2-5H,1H3,(H,19,20)(H,21,22)(H,23,24)(H,25,26). The molecule has 0 saturated carbocycles. The third-order valence-corrected chi connectivity index (χ3v) is 4.16. The summed E-state index contributed by atoms with van der Waals surface area (Å²) in [5.41, 5.74) is -3.02. The van der Waals surface area contributed by atoms with Crippen LogP contribution in [0.1, 0.15) is 47.1 Å². The van der Waals surface area contributed by atoms with Crippen molar-refractivity contribution in [3.05, 3.63) is 52.2 Å². The molecule has 26 heavy (non-hydrogen) atoms. The average Bonchev–Trinajstić information content (AvgIpc) is 2.86. The Morgan fingerprint density at radius 1 is 0.731 bits per heavy atom. The zero-order valence-electron chi connectivity index (χ0n) is 13.2.